The maximum atomic E-state index is 12.0. The summed E-state index contributed by atoms with van der Waals surface area (Å²) in [5, 5.41) is 5.78. The lowest BCUT2D eigenvalue weighted by molar-refractivity contribution is -0.119. The molecular weight excluding hydrogens is 290 g/mol. The predicted molar refractivity (Wildman–Crippen MR) is 83.7 cm³/mol. The number of sulfonamides is 1. The van der Waals surface area contributed by atoms with E-state index in [1.54, 1.807) is 12.1 Å². The molecule has 7 heteroatoms. The van der Waals surface area contributed by atoms with E-state index in [9.17, 15) is 13.2 Å². The summed E-state index contributed by atoms with van der Waals surface area (Å²) < 4.78 is 26.3. The van der Waals surface area contributed by atoms with Gasteiger partial charge in [-0.3, -0.25) is 4.79 Å². The molecule has 0 bridgehead atoms. The zero-order chi connectivity index (χ0) is 15.7. The van der Waals surface area contributed by atoms with Crippen LogP contribution < -0.4 is 15.4 Å². The van der Waals surface area contributed by atoms with Gasteiger partial charge in [0.05, 0.1) is 11.4 Å². The summed E-state index contributed by atoms with van der Waals surface area (Å²) in [6, 6.07) is 6.46. The van der Waals surface area contributed by atoms with Crippen LogP contribution in [0.3, 0.4) is 0 Å². The molecule has 0 saturated carbocycles. The monoisotopic (exact) mass is 313 g/mol. The topological polar surface area (TPSA) is 87.3 Å². The molecule has 0 fully saturated rings. The summed E-state index contributed by atoms with van der Waals surface area (Å²) in [7, 11) is -3.66. The van der Waals surface area contributed by atoms with E-state index in [0.717, 1.165) is 25.1 Å². The fourth-order valence-electron chi connectivity index (χ4n) is 1.59. The fraction of sp³-hybridized carbons (Fsp3) is 0.500. The number of hydrogen-bond acceptors (Lipinski definition) is 4. The van der Waals surface area contributed by atoms with E-state index < -0.39 is 10.0 Å². The Balaban J connectivity index is 2.59. The minimum atomic E-state index is -3.66. The normalized spacial score (nSPS) is 11.1. The summed E-state index contributed by atoms with van der Waals surface area (Å²) in [4.78, 5) is 11.6. The van der Waals surface area contributed by atoms with Crippen LogP contribution in [-0.4, -0.2) is 34.0 Å². The number of carbonyl (C=O) groups excluding carboxylic acids is 1. The molecule has 0 saturated heterocycles. The fourth-order valence-corrected chi connectivity index (χ4v) is 2.57. The van der Waals surface area contributed by atoms with Crippen LogP contribution in [0.5, 0.6) is 0 Å². The average Bonchev–Trinajstić information content (AvgIpc) is 2.49. The molecule has 0 aliphatic heterocycles. The van der Waals surface area contributed by atoms with Crippen LogP contribution in [0.1, 0.15) is 26.7 Å². The van der Waals surface area contributed by atoms with Crippen molar-refractivity contribution in [3.05, 3.63) is 24.3 Å². The van der Waals surface area contributed by atoms with Gasteiger partial charge >= 0.3 is 0 Å². The number of nitrogens with one attached hydrogen (secondary N) is 3. The van der Waals surface area contributed by atoms with Crippen molar-refractivity contribution in [2.75, 3.05) is 25.0 Å². The maximum Gasteiger partial charge on any atom is 0.241 e. The molecule has 1 aromatic carbocycles. The van der Waals surface area contributed by atoms with E-state index in [1.165, 1.54) is 12.1 Å². The molecular formula is C14H23N3O3S. The summed E-state index contributed by atoms with van der Waals surface area (Å²) in [6.45, 7) is 5.11. The third-order valence-electron chi connectivity index (χ3n) is 2.74. The van der Waals surface area contributed by atoms with Crippen LogP contribution in [0, 0.1) is 0 Å². The highest BCUT2D eigenvalue weighted by Gasteiger charge is 2.15. The number of amides is 1. The second kappa shape index (κ2) is 8.63. The van der Waals surface area contributed by atoms with Gasteiger partial charge in [0.2, 0.25) is 15.9 Å². The molecule has 3 N–H and O–H groups in total. The number of hydrogen-bond donors (Lipinski definition) is 3. The number of carbonyl (C=O) groups is 1. The van der Waals surface area contributed by atoms with E-state index in [0.29, 0.717) is 6.54 Å². The van der Waals surface area contributed by atoms with Crippen LogP contribution >= 0.6 is 0 Å². The van der Waals surface area contributed by atoms with Crippen molar-refractivity contribution in [3.63, 3.8) is 0 Å². The molecule has 0 spiro atoms. The minimum absolute atomic E-state index is 0.146. The number of anilines is 1. The molecule has 6 nitrogen and oxygen atoms in total. The van der Waals surface area contributed by atoms with E-state index in [-0.39, 0.29) is 17.3 Å². The molecule has 0 heterocycles. The smallest absolute Gasteiger partial charge is 0.241 e. The molecule has 1 aromatic rings. The Morgan fingerprint density at radius 2 is 1.67 bits per heavy atom. The molecule has 118 valence electrons. The predicted octanol–water partition coefficient (Wildman–Crippen LogP) is 1.31. The van der Waals surface area contributed by atoms with E-state index in [2.05, 4.69) is 22.3 Å². The zero-order valence-corrected chi connectivity index (χ0v) is 13.3. The average molecular weight is 313 g/mol. The number of rotatable bonds is 9. The Morgan fingerprint density at radius 3 is 2.24 bits per heavy atom. The molecule has 0 aliphatic carbocycles. The van der Waals surface area contributed by atoms with Crippen molar-refractivity contribution in [1.82, 2.24) is 10.0 Å². The zero-order valence-electron chi connectivity index (χ0n) is 12.5. The molecule has 0 aromatic heterocycles. The van der Waals surface area contributed by atoms with Crippen LogP contribution in [0.4, 0.5) is 5.69 Å². The Kier molecular flexibility index (Phi) is 7.18. The molecule has 21 heavy (non-hydrogen) atoms. The van der Waals surface area contributed by atoms with Gasteiger partial charge in [0, 0.05) is 18.8 Å². The number of benzene rings is 1. The van der Waals surface area contributed by atoms with E-state index >= 15 is 0 Å². The van der Waals surface area contributed by atoms with Crippen molar-refractivity contribution in [2.45, 2.75) is 31.6 Å². The Morgan fingerprint density at radius 1 is 1.05 bits per heavy atom. The Bertz CT molecular complexity index is 541. The first-order valence-electron chi connectivity index (χ1n) is 7.10. The van der Waals surface area contributed by atoms with Gasteiger partial charge in [0.25, 0.3) is 0 Å². The lowest BCUT2D eigenvalue weighted by Gasteiger charge is -2.09. The van der Waals surface area contributed by atoms with Gasteiger partial charge in [0.15, 0.2) is 0 Å². The lowest BCUT2D eigenvalue weighted by atomic mass is 10.3. The minimum Gasteiger partial charge on any atom is -0.385 e. The van der Waals surface area contributed by atoms with Gasteiger partial charge in [-0.05, 0) is 37.1 Å². The highest BCUT2D eigenvalue weighted by Crippen LogP contribution is 2.13. The summed E-state index contributed by atoms with van der Waals surface area (Å²) in [5.74, 6) is -0.332. The van der Waals surface area contributed by atoms with Crippen molar-refractivity contribution >= 4 is 21.6 Å². The van der Waals surface area contributed by atoms with Crippen molar-refractivity contribution in [2.24, 2.45) is 0 Å². The van der Waals surface area contributed by atoms with E-state index in [1.807, 2.05) is 6.92 Å². The molecule has 0 radical (unpaired) electrons. The SMILES string of the molecule is CCCNC(=O)CNS(=O)(=O)c1ccc(NCCC)cc1. The largest absolute Gasteiger partial charge is 0.385 e. The molecule has 0 unspecified atom stereocenters. The van der Waals surface area contributed by atoms with Gasteiger partial charge in [-0.1, -0.05) is 13.8 Å². The first kappa shape index (κ1) is 17.5. The van der Waals surface area contributed by atoms with Gasteiger partial charge in [-0.15, -0.1) is 0 Å². The highest BCUT2D eigenvalue weighted by molar-refractivity contribution is 7.89. The van der Waals surface area contributed by atoms with Crippen LogP contribution in [0.15, 0.2) is 29.2 Å². The summed E-state index contributed by atoms with van der Waals surface area (Å²) in [6.07, 6.45) is 1.80. The van der Waals surface area contributed by atoms with Crippen molar-refractivity contribution in [3.8, 4) is 0 Å². The van der Waals surface area contributed by atoms with Gasteiger partial charge in [-0.25, -0.2) is 13.1 Å². The second-order valence-corrected chi connectivity index (χ2v) is 6.39. The third-order valence-corrected chi connectivity index (χ3v) is 4.16. The maximum absolute atomic E-state index is 12.0. The third kappa shape index (κ3) is 6.14. The highest BCUT2D eigenvalue weighted by atomic mass is 32.2. The summed E-state index contributed by atoms with van der Waals surface area (Å²) in [5.41, 5.74) is 0.872. The van der Waals surface area contributed by atoms with E-state index in [4.69, 9.17) is 0 Å². The standard InChI is InChI=1S/C14H23N3O3S/c1-3-9-15-12-5-7-13(8-6-12)21(19,20)17-11-14(18)16-10-4-2/h5-8,15,17H,3-4,9-11H2,1-2H3,(H,16,18). The van der Waals surface area contributed by atoms with Gasteiger partial charge < -0.3 is 10.6 Å². The first-order chi connectivity index (χ1) is 9.99. The molecule has 0 atom stereocenters. The molecule has 1 rings (SSSR count). The second-order valence-electron chi connectivity index (χ2n) is 4.63. The quantitative estimate of drug-likeness (QED) is 0.641. The molecule has 1 amide bonds. The van der Waals surface area contributed by atoms with Crippen LogP contribution in [-0.2, 0) is 14.8 Å². The first-order valence-corrected chi connectivity index (χ1v) is 8.58. The summed E-state index contributed by atoms with van der Waals surface area (Å²) >= 11 is 0. The van der Waals surface area contributed by atoms with Gasteiger partial charge in [-0.2, -0.15) is 0 Å². The lowest BCUT2D eigenvalue weighted by Crippen LogP contribution is -2.37. The van der Waals surface area contributed by atoms with Crippen molar-refractivity contribution in [1.29, 1.82) is 0 Å². The Labute approximate surface area is 126 Å². The van der Waals surface area contributed by atoms with Crippen LogP contribution in [0.25, 0.3) is 0 Å². The van der Waals surface area contributed by atoms with Crippen LogP contribution in [0.2, 0.25) is 0 Å². The van der Waals surface area contributed by atoms with Crippen molar-refractivity contribution < 1.29 is 13.2 Å². The van der Waals surface area contributed by atoms with Gasteiger partial charge in [0.1, 0.15) is 0 Å². The Hall–Kier alpha value is -1.60. The molecule has 0 aliphatic rings.